The molecule has 1 aromatic heterocycles. The molecule has 1 saturated heterocycles. The zero-order chi connectivity index (χ0) is 24.2. The maximum atomic E-state index is 13.2. The number of halogens is 3. The fourth-order valence-corrected chi connectivity index (χ4v) is 3.66. The Morgan fingerprint density at radius 3 is 2.27 bits per heavy atom. The molecule has 1 N–H and O–H groups in total. The lowest BCUT2D eigenvalue weighted by atomic mass is 10.0. The lowest BCUT2D eigenvalue weighted by Gasteiger charge is -2.37. The van der Waals surface area contributed by atoms with Crippen LogP contribution in [0.3, 0.4) is 0 Å². The Morgan fingerprint density at radius 1 is 1.06 bits per heavy atom. The van der Waals surface area contributed by atoms with Crippen molar-refractivity contribution in [1.29, 1.82) is 0 Å². The Kier molecular flexibility index (Phi) is 7.45. The van der Waals surface area contributed by atoms with Crippen LogP contribution in [-0.2, 0) is 11.0 Å². The Labute approximate surface area is 190 Å². The maximum absolute atomic E-state index is 13.2. The molecular formula is C23H27F3N4O3. The number of hydrogen-bond donors (Lipinski definition) is 1. The van der Waals surface area contributed by atoms with Crippen LogP contribution in [0, 0.1) is 5.92 Å². The second-order valence-corrected chi connectivity index (χ2v) is 8.11. The highest BCUT2D eigenvalue weighted by Gasteiger charge is 2.33. The van der Waals surface area contributed by atoms with E-state index >= 15 is 0 Å². The van der Waals surface area contributed by atoms with E-state index in [9.17, 15) is 22.8 Å². The number of aromatic nitrogens is 1. The third kappa shape index (κ3) is 5.74. The molecule has 178 valence electrons. The predicted octanol–water partition coefficient (Wildman–Crippen LogP) is 3.21. The van der Waals surface area contributed by atoms with Crippen LogP contribution in [-0.4, -0.2) is 61.0 Å². The van der Waals surface area contributed by atoms with Crippen LogP contribution in [0.4, 0.5) is 19.0 Å². The van der Waals surface area contributed by atoms with Gasteiger partial charge in [0.25, 0.3) is 5.91 Å². The van der Waals surface area contributed by atoms with Crippen molar-refractivity contribution in [2.75, 3.05) is 38.2 Å². The number of nitrogens with one attached hydrogen (secondary N) is 1. The molecule has 3 rings (SSSR count). The van der Waals surface area contributed by atoms with Gasteiger partial charge in [0.15, 0.2) is 0 Å². The van der Waals surface area contributed by atoms with Gasteiger partial charge in [-0.15, -0.1) is 0 Å². The molecule has 2 aromatic rings. The van der Waals surface area contributed by atoms with Crippen LogP contribution in [0.2, 0.25) is 0 Å². The third-order valence-corrected chi connectivity index (χ3v) is 5.56. The number of rotatable bonds is 6. The molecule has 33 heavy (non-hydrogen) atoms. The molecule has 1 fully saturated rings. The lowest BCUT2D eigenvalue weighted by molar-refractivity contribution is -0.138. The van der Waals surface area contributed by atoms with Gasteiger partial charge in [0.2, 0.25) is 5.91 Å². The number of para-hydroxylation sites is 1. The van der Waals surface area contributed by atoms with Crippen molar-refractivity contribution in [2.45, 2.75) is 26.1 Å². The summed E-state index contributed by atoms with van der Waals surface area (Å²) in [5.74, 6) is 0.105. The summed E-state index contributed by atoms with van der Waals surface area (Å²) in [6.45, 7) is 5.30. The van der Waals surface area contributed by atoms with E-state index in [2.05, 4.69) is 10.3 Å². The van der Waals surface area contributed by atoms with Crippen molar-refractivity contribution in [3.63, 3.8) is 0 Å². The number of piperazine rings is 1. The summed E-state index contributed by atoms with van der Waals surface area (Å²) in [5.41, 5.74) is -0.456. The van der Waals surface area contributed by atoms with Crippen LogP contribution < -0.4 is 15.0 Å². The summed E-state index contributed by atoms with van der Waals surface area (Å²) in [7, 11) is 1.47. The zero-order valence-corrected chi connectivity index (χ0v) is 18.7. The second-order valence-electron chi connectivity index (χ2n) is 8.11. The SMILES string of the molecule is COc1ccccc1C(=O)N[C@@H](C(=O)N1CCN(c2ccc(C(F)(F)F)cn2)CC1)C(C)C. The number of ether oxygens (including phenoxy) is 1. The van der Waals surface area contributed by atoms with Gasteiger partial charge in [-0.1, -0.05) is 26.0 Å². The number of amides is 2. The van der Waals surface area contributed by atoms with Gasteiger partial charge in [-0.3, -0.25) is 9.59 Å². The Bertz CT molecular complexity index is 972. The zero-order valence-electron chi connectivity index (χ0n) is 18.7. The Balaban J connectivity index is 1.63. The topological polar surface area (TPSA) is 74.8 Å². The molecule has 2 amide bonds. The van der Waals surface area contributed by atoms with E-state index < -0.39 is 23.7 Å². The van der Waals surface area contributed by atoms with Gasteiger partial charge in [0.1, 0.15) is 17.6 Å². The number of carbonyl (C=O) groups is 2. The molecule has 1 aromatic carbocycles. The first kappa shape index (κ1) is 24.3. The van der Waals surface area contributed by atoms with E-state index in [0.717, 1.165) is 12.3 Å². The standard InChI is InChI=1S/C23H27F3N4O3/c1-15(2)20(28-21(31)17-6-4-5-7-18(17)33-3)22(32)30-12-10-29(11-13-30)19-9-8-16(14-27-19)23(24,25)26/h4-9,14-15,20H,10-13H2,1-3H3,(H,28,31)/t20-/m1/s1. The second kappa shape index (κ2) is 10.1. The third-order valence-electron chi connectivity index (χ3n) is 5.56. The van der Waals surface area contributed by atoms with Gasteiger partial charge in [-0.25, -0.2) is 4.98 Å². The molecule has 0 saturated carbocycles. The summed E-state index contributed by atoms with van der Waals surface area (Å²) >= 11 is 0. The first-order valence-corrected chi connectivity index (χ1v) is 10.6. The van der Waals surface area contributed by atoms with Gasteiger partial charge in [0, 0.05) is 32.4 Å². The van der Waals surface area contributed by atoms with Crippen molar-refractivity contribution in [3.8, 4) is 5.75 Å². The summed E-state index contributed by atoms with van der Waals surface area (Å²) in [6, 6.07) is 8.40. The van der Waals surface area contributed by atoms with Crippen LogP contribution in [0.5, 0.6) is 5.75 Å². The molecule has 2 heterocycles. The summed E-state index contributed by atoms with van der Waals surface area (Å²) in [5, 5.41) is 2.83. The predicted molar refractivity (Wildman–Crippen MR) is 117 cm³/mol. The molecule has 1 atom stereocenters. The number of alkyl halides is 3. The minimum Gasteiger partial charge on any atom is -0.496 e. The highest BCUT2D eigenvalue weighted by Crippen LogP contribution is 2.29. The van der Waals surface area contributed by atoms with Crippen LogP contribution >= 0.6 is 0 Å². The monoisotopic (exact) mass is 464 g/mol. The molecule has 0 spiro atoms. The highest BCUT2D eigenvalue weighted by atomic mass is 19.4. The first-order valence-electron chi connectivity index (χ1n) is 10.6. The molecule has 0 radical (unpaired) electrons. The van der Waals surface area contributed by atoms with Gasteiger partial charge < -0.3 is 19.9 Å². The molecule has 1 aliphatic heterocycles. The van der Waals surface area contributed by atoms with E-state index in [-0.39, 0.29) is 11.8 Å². The first-order chi connectivity index (χ1) is 15.6. The lowest BCUT2D eigenvalue weighted by Crippen LogP contribution is -2.56. The van der Waals surface area contributed by atoms with Gasteiger partial charge in [0.05, 0.1) is 18.2 Å². The van der Waals surface area contributed by atoms with E-state index in [1.54, 1.807) is 29.2 Å². The van der Waals surface area contributed by atoms with Gasteiger partial charge in [-0.05, 0) is 30.2 Å². The number of anilines is 1. The Morgan fingerprint density at radius 2 is 1.73 bits per heavy atom. The highest BCUT2D eigenvalue weighted by molar-refractivity contribution is 5.99. The van der Waals surface area contributed by atoms with E-state index in [0.29, 0.717) is 43.3 Å². The van der Waals surface area contributed by atoms with Crippen LogP contribution in [0.25, 0.3) is 0 Å². The average Bonchev–Trinajstić information content (AvgIpc) is 2.81. The summed E-state index contributed by atoms with van der Waals surface area (Å²) < 4.78 is 43.5. The van der Waals surface area contributed by atoms with E-state index in [4.69, 9.17) is 4.74 Å². The van der Waals surface area contributed by atoms with E-state index in [1.807, 2.05) is 18.7 Å². The average molecular weight is 464 g/mol. The number of pyridine rings is 1. The largest absolute Gasteiger partial charge is 0.496 e. The number of nitrogens with zero attached hydrogens (tertiary/aromatic N) is 3. The smallest absolute Gasteiger partial charge is 0.417 e. The molecule has 0 aliphatic carbocycles. The fraction of sp³-hybridized carbons (Fsp3) is 0.435. The van der Waals surface area contributed by atoms with Crippen molar-refractivity contribution in [2.24, 2.45) is 5.92 Å². The fourth-order valence-electron chi connectivity index (χ4n) is 3.66. The Hall–Kier alpha value is -3.30. The van der Waals surface area contributed by atoms with Crippen molar-refractivity contribution in [3.05, 3.63) is 53.7 Å². The number of benzene rings is 1. The van der Waals surface area contributed by atoms with Crippen molar-refractivity contribution >= 4 is 17.6 Å². The number of methoxy groups -OCH3 is 1. The molecule has 10 heteroatoms. The quantitative estimate of drug-likeness (QED) is 0.711. The van der Waals surface area contributed by atoms with Crippen molar-refractivity contribution in [1.82, 2.24) is 15.2 Å². The molecular weight excluding hydrogens is 437 g/mol. The normalized spacial score (nSPS) is 15.4. The van der Waals surface area contributed by atoms with Gasteiger partial charge >= 0.3 is 6.18 Å². The maximum Gasteiger partial charge on any atom is 0.417 e. The molecule has 1 aliphatic rings. The number of hydrogen-bond acceptors (Lipinski definition) is 5. The molecule has 7 nitrogen and oxygen atoms in total. The van der Waals surface area contributed by atoms with Gasteiger partial charge in [-0.2, -0.15) is 13.2 Å². The van der Waals surface area contributed by atoms with E-state index in [1.165, 1.54) is 13.2 Å². The minimum atomic E-state index is -4.43. The van der Waals surface area contributed by atoms with Crippen LogP contribution in [0.1, 0.15) is 29.8 Å². The molecule has 0 bridgehead atoms. The minimum absolute atomic E-state index is 0.147. The van der Waals surface area contributed by atoms with Crippen molar-refractivity contribution < 1.29 is 27.5 Å². The number of carbonyl (C=O) groups excluding carboxylic acids is 2. The summed E-state index contributed by atoms with van der Waals surface area (Å²) in [4.78, 5) is 33.4. The molecule has 0 unspecified atom stereocenters. The summed E-state index contributed by atoms with van der Waals surface area (Å²) in [6.07, 6.45) is -3.62. The van der Waals surface area contributed by atoms with Crippen LogP contribution in [0.15, 0.2) is 42.6 Å².